The van der Waals surface area contributed by atoms with E-state index in [0.29, 0.717) is 34.9 Å². The largest absolute Gasteiger partial charge is 0.508 e. The van der Waals surface area contributed by atoms with Crippen LogP contribution in [0.4, 0.5) is 0 Å². The lowest BCUT2D eigenvalue weighted by atomic mass is 10.0. The van der Waals surface area contributed by atoms with Crippen molar-refractivity contribution in [2.45, 2.75) is 50.7 Å². The number of nitrogens with one attached hydrogen (secondary N) is 1. The van der Waals surface area contributed by atoms with Crippen LogP contribution in [0.5, 0.6) is 23.0 Å². The molecule has 2 aromatic rings. The Bertz CT molecular complexity index is 904. The third-order valence-electron chi connectivity index (χ3n) is 5.98. The smallest absolute Gasteiger partial charge is 0.203 e. The van der Waals surface area contributed by atoms with E-state index in [1.165, 1.54) is 12.1 Å². The van der Waals surface area contributed by atoms with Gasteiger partial charge >= 0.3 is 0 Å². The van der Waals surface area contributed by atoms with Crippen molar-refractivity contribution in [3.63, 3.8) is 0 Å². The van der Waals surface area contributed by atoms with E-state index in [4.69, 9.17) is 18.9 Å². The zero-order chi connectivity index (χ0) is 23.3. The summed E-state index contributed by atoms with van der Waals surface area (Å²) in [6, 6.07) is 8.38. The summed E-state index contributed by atoms with van der Waals surface area (Å²) in [4.78, 5) is 0. The third-order valence-corrected chi connectivity index (χ3v) is 5.98. The van der Waals surface area contributed by atoms with E-state index in [0.717, 1.165) is 18.4 Å². The summed E-state index contributed by atoms with van der Waals surface area (Å²) in [5.74, 6) is 1.81. The lowest BCUT2D eigenvalue weighted by Crippen LogP contribution is -2.39. The van der Waals surface area contributed by atoms with E-state index in [2.05, 4.69) is 5.32 Å². The maximum Gasteiger partial charge on any atom is 0.203 e. The highest BCUT2D eigenvalue weighted by atomic mass is 16.5. The standard InChI is InChI=1S/C24H33NO7/c1-14(25-12-19(28)17-6-5-16(27)11-15(17)13-26)20-9-10-21(32-20)18-7-8-22(29-2)24(31-4)23(18)30-3/h5-8,11,14,19-21,25-28H,9-10,12-13H2,1-4H3. The topological polar surface area (TPSA) is 110 Å². The fourth-order valence-electron chi connectivity index (χ4n) is 4.23. The van der Waals surface area contributed by atoms with Crippen molar-refractivity contribution in [3.05, 3.63) is 47.0 Å². The summed E-state index contributed by atoms with van der Waals surface area (Å²) < 4.78 is 22.8. The van der Waals surface area contributed by atoms with Crippen molar-refractivity contribution in [2.75, 3.05) is 27.9 Å². The Labute approximate surface area is 188 Å². The number of benzene rings is 2. The zero-order valence-corrected chi connectivity index (χ0v) is 19.0. The molecule has 1 aliphatic rings. The van der Waals surface area contributed by atoms with Crippen LogP contribution in [0.3, 0.4) is 0 Å². The molecule has 4 unspecified atom stereocenters. The number of rotatable bonds is 10. The molecule has 1 fully saturated rings. The Hall–Kier alpha value is -2.52. The highest BCUT2D eigenvalue weighted by Gasteiger charge is 2.33. The summed E-state index contributed by atoms with van der Waals surface area (Å²) in [6.45, 7) is 2.06. The van der Waals surface area contributed by atoms with Crippen LogP contribution in [-0.4, -0.2) is 55.3 Å². The number of aliphatic hydroxyl groups excluding tert-OH is 2. The second-order valence-corrected chi connectivity index (χ2v) is 7.92. The van der Waals surface area contributed by atoms with Crippen LogP contribution in [0.1, 0.15) is 48.7 Å². The maximum absolute atomic E-state index is 10.6. The van der Waals surface area contributed by atoms with Crippen LogP contribution in [-0.2, 0) is 11.3 Å². The summed E-state index contributed by atoms with van der Waals surface area (Å²) in [5.41, 5.74) is 2.01. The first-order valence-corrected chi connectivity index (χ1v) is 10.7. The molecule has 1 saturated heterocycles. The molecule has 0 saturated carbocycles. The van der Waals surface area contributed by atoms with Gasteiger partial charge in [0.2, 0.25) is 5.75 Å². The van der Waals surface area contributed by atoms with Gasteiger partial charge in [0, 0.05) is 18.2 Å². The van der Waals surface area contributed by atoms with Gasteiger partial charge in [-0.1, -0.05) is 6.07 Å². The summed E-state index contributed by atoms with van der Waals surface area (Å²) in [6.07, 6.45) is 0.693. The van der Waals surface area contributed by atoms with Crippen LogP contribution >= 0.6 is 0 Å². The minimum atomic E-state index is -0.816. The van der Waals surface area contributed by atoms with Gasteiger partial charge in [0.25, 0.3) is 0 Å². The molecule has 0 radical (unpaired) electrons. The van der Waals surface area contributed by atoms with Crippen LogP contribution in [0.2, 0.25) is 0 Å². The van der Waals surface area contributed by atoms with Crippen molar-refractivity contribution in [1.82, 2.24) is 5.32 Å². The second-order valence-electron chi connectivity index (χ2n) is 7.92. The molecule has 1 heterocycles. The molecule has 32 heavy (non-hydrogen) atoms. The predicted molar refractivity (Wildman–Crippen MR) is 119 cm³/mol. The first kappa shape index (κ1) is 24.1. The van der Waals surface area contributed by atoms with Gasteiger partial charge in [-0.05, 0) is 55.2 Å². The normalized spacial score (nSPS) is 20.1. The van der Waals surface area contributed by atoms with Gasteiger partial charge in [-0.2, -0.15) is 0 Å². The maximum atomic E-state index is 10.6. The molecule has 8 heteroatoms. The van der Waals surface area contributed by atoms with Gasteiger partial charge in [0.1, 0.15) is 5.75 Å². The van der Waals surface area contributed by atoms with Gasteiger partial charge in [-0.25, -0.2) is 0 Å². The van der Waals surface area contributed by atoms with E-state index in [1.807, 2.05) is 19.1 Å². The number of methoxy groups -OCH3 is 3. The van der Waals surface area contributed by atoms with Crippen LogP contribution in [0.15, 0.2) is 30.3 Å². The number of phenols is 1. The molecule has 176 valence electrons. The average Bonchev–Trinajstić information content (AvgIpc) is 3.31. The Morgan fingerprint density at radius 1 is 1.06 bits per heavy atom. The third kappa shape index (κ3) is 5.10. The molecule has 0 amide bonds. The number of aliphatic hydroxyl groups is 2. The molecule has 0 aliphatic carbocycles. The van der Waals surface area contributed by atoms with E-state index in [9.17, 15) is 15.3 Å². The average molecular weight is 448 g/mol. The van der Waals surface area contributed by atoms with Crippen molar-refractivity contribution < 1.29 is 34.3 Å². The molecule has 1 aliphatic heterocycles. The summed E-state index contributed by atoms with van der Waals surface area (Å²) in [7, 11) is 4.77. The van der Waals surface area contributed by atoms with Gasteiger partial charge in [-0.3, -0.25) is 0 Å². The Morgan fingerprint density at radius 2 is 1.81 bits per heavy atom. The number of hydrogen-bond acceptors (Lipinski definition) is 8. The molecule has 8 nitrogen and oxygen atoms in total. The summed E-state index contributed by atoms with van der Waals surface area (Å²) >= 11 is 0. The van der Waals surface area contributed by atoms with E-state index in [-0.39, 0.29) is 30.6 Å². The number of ether oxygens (including phenoxy) is 4. The lowest BCUT2D eigenvalue weighted by Gasteiger charge is -2.24. The fraction of sp³-hybridized carbons (Fsp3) is 0.500. The first-order chi connectivity index (χ1) is 15.4. The number of aromatic hydroxyl groups is 1. The second kappa shape index (κ2) is 10.9. The molecule has 0 spiro atoms. The Morgan fingerprint density at radius 3 is 2.47 bits per heavy atom. The quantitative estimate of drug-likeness (QED) is 0.440. The van der Waals surface area contributed by atoms with Crippen molar-refractivity contribution in [3.8, 4) is 23.0 Å². The highest BCUT2D eigenvalue weighted by molar-refractivity contribution is 5.56. The minimum absolute atomic E-state index is 0.00418. The Kier molecular flexibility index (Phi) is 8.20. The molecular weight excluding hydrogens is 414 g/mol. The Balaban J connectivity index is 1.63. The lowest BCUT2D eigenvalue weighted by molar-refractivity contribution is 0.0216. The molecule has 4 N–H and O–H groups in total. The minimum Gasteiger partial charge on any atom is -0.508 e. The monoisotopic (exact) mass is 447 g/mol. The highest BCUT2D eigenvalue weighted by Crippen LogP contribution is 2.46. The molecule has 0 aromatic heterocycles. The molecule has 4 atom stereocenters. The fourth-order valence-corrected chi connectivity index (χ4v) is 4.23. The van der Waals surface area contributed by atoms with Gasteiger partial charge < -0.3 is 39.6 Å². The van der Waals surface area contributed by atoms with E-state index >= 15 is 0 Å². The number of hydrogen-bond donors (Lipinski definition) is 4. The summed E-state index contributed by atoms with van der Waals surface area (Å²) in [5, 5.41) is 33.0. The van der Waals surface area contributed by atoms with Crippen LogP contribution < -0.4 is 19.5 Å². The van der Waals surface area contributed by atoms with E-state index < -0.39 is 6.10 Å². The van der Waals surface area contributed by atoms with E-state index in [1.54, 1.807) is 27.4 Å². The van der Waals surface area contributed by atoms with Crippen molar-refractivity contribution in [1.29, 1.82) is 0 Å². The van der Waals surface area contributed by atoms with Crippen LogP contribution in [0, 0.1) is 0 Å². The zero-order valence-electron chi connectivity index (χ0n) is 19.0. The SMILES string of the molecule is COc1ccc(C2CCC(C(C)NCC(O)c3ccc(O)cc3CO)O2)c(OC)c1OC. The predicted octanol–water partition coefficient (Wildman–Crippen LogP) is 2.84. The van der Waals surface area contributed by atoms with Gasteiger partial charge in [0.05, 0.1) is 46.2 Å². The number of phenolic OH excluding ortho intramolecular Hbond substituents is 1. The molecular formula is C24H33NO7. The van der Waals surface area contributed by atoms with Gasteiger partial charge in [0.15, 0.2) is 11.5 Å². The van der Waals surface area contributed by atoms with Crippen molar-refractivity contribution >= 4 is 0 Å². The first-order valence-electron chi connectivity index (χ1n) is 10.7. The van der Waals surface area contributed by atoms with Crippen LogP contribution in [0.25, 0.3) is 0 Å². The van der Waals surface area contributed by atoms with Gasteiger partial charge in [-0.15, -0.1) is 0 Å². The molecule has 2 aromatic carbocycles. The van der Waals surface area contributed by atoms with Crippen molar-refractivity contribution in [2.24, 2.45) is 0 Å². The molecule has 3 rings (SSSR count). The molecule has 0 bridgehead atoms.